The lowest BCUT2D eigenvalue weighted by atomic mass is 10.1. The van der Waals surface area contributed by atoms with Crippen LogP contribution in [-0.4, -0.2) is 19.4 Å². The molecule has 0 saturated carbocycles. The average Bonchev–Trinajstić information content (AvgIpc) is 2.93. The molecule has 5 nitrogen and oxygen atoms in total. The van der Waals surface area contributed by atoms with Crippen molar-refractivity contribution in [3.63, 3.8) is 0 Å². The maximum Gasteiger partial charge on any atom is 0.305 e. The van der Waals surface area contributed by atoms with Crippen molar-refractivity contribution >= 4 is 12.3 Å². The lowest BCUT2D eigenvalue weighted by molar-refractivity contribution is -0.140. The van der Waals surface area contributed by atoms with Crippen LogP contribution >= 0.6 is 0 Å². The lowest BCUT2D eigenvalue weighted by Crippen LogP contribution is -2.04. The Kier molecular flexibility index (Phi) is 4.18. The van der Waals surface area contributed by atoms with Gasteiger partial charge in [-0.3, -0.25) is 9.59 Å². The molecule has 0 N–H and O–H groups in total. The highest BCUT2D eigenvalue weighted by molar-refractivity contribution is 5.77. The quantitative estimate of drug-likeness (QED) is 0.602. The topological polar surface area (TPSA) is 61.8 Å². The predicted octanol–water partition coefficient (Wildman–Crippen LogP) is 2.34. The van der Waals surface area contributed by atoms with Gasteiger partial charge in [0.2, 0.25) is 0 Å². The van der Waals surface area contributed by atoms with Crippen LogP contribution in [0, 0.1) is 0 Å². The number of hydrogen-bond donors (Lipinski definition) is 0. The summed E-state index contributed by atoms with van der Waals surface area (Å²) in [7, 11) is 1.34. The van der Waals surface area contributed by atoms with Gasteiger partial charge in [-0.25, -0.2) is 0 Å². The molecule has 0 spiro atoms. The lowest BCUT2D eigenvalue weighted by Gasteiger charge is -2.13. The number of benzene rings is 1. The number of carbonyl (C=O) groups excluding carboxylic acids is 2. The SMILES string of the molecule is COC(=O)CCC1=COC(c2ccccc2C=O)O1. The first-order chi connectivity index (χ1) is 9.24. The molecule has 2 rings (SSSR count). The van der Waals surface area contributed by atoms with E-state index >= 15 is 0 Å². The van der Waals surface area contributed by atoms with Crippen LogP contribution in [0.25, 0.3) is 0 Å². The van der Waals surface area contributed by atoms with Crippen LogP contribution in [0.3, 0.4) is 0 Å². The van der Waals surface area contributed by atoms with E-state index in [2.05, 4.69) is 4.74 Å². The van der Waals surface area contributed by atoms with Crippen molar-refractivity contribution < 1.29 is 23.8 Å². The van der Waals surface area contributed by atoms with Gasteiger partial charge in [0.1, 0.15) is 12.0 Å². The number of rotatable bonds is 5. The van der Waals surface area contributed by atoms with Crippen molar-refractivity contribution in [3.05, 3.63) is 47.4 Å². The van der Waals surface area contributed by atoms with Gasteiger partial charge in [0.15, 0.2) is 6.29 Å². The van der Waals surface area contributed by atoms with E-state index in [4.69, 9.17) is 9.47 Å². The number of esters is 1. The van der Waals surface area contributed by atoms with Gasteiger partial charge in [-0.1, -0.05) is 24.3 Å². The van der Waals surface area contributed by atoms with Gasteiger partial charge in [0.25, 0.3) is 6.29 Å². The zero-order chi connectivity index (χ0) is 13.7. The summed E-state index contributed by atoms with van der Waals surface area (Å²) in [6, 6.07) is 7.04. The van der Waals surface area contributed by atoms with Crippen molar-refractivity contribution in [1.29, 1.82) is 0 Å². The highest BCUT2D eigenvalue weighted by Gasteiger charge is 2.24. The van der Waals surface area contributed by atoms with E-state index in [1.54, 1.807) is 18.2 Å². The molecule has 1 atom stereocenters. The fourth-order valence-corrected chi connectivity index (χ4v) is 1.75. The Morgan fingerprint density at radius 3 is 2.95 bits per heavy atom. The van der Waals surface area contributed by atoms with E-state index in [0.717, 1.165) is 6.29 Å². The first-order valence-corrected chi connectivity index (χ1v) is 5.86. The molecule has 0 aliphatic carbocycles. The minimum Gasteiger partial charge on any atom is -0.469 e. The van der Waals surface area contributed by atoms with E-state index in [9.17, 15) is 9.59 Å². The molecule has 1 unspecified atom stereocenters. The fraction of sp³-hybridized carbons (Fsp3) is 0.286. The fourth-order valence-electron chi connectivity index (χ4n) is 1.75. The number of hydrogen-bond acceptors (Lipinski definition) is 5. The Labute approximate surface area is 110 Å². The summed E-state index contributed by atoms with van der Waals surface area (Å²) in [6.07, 6.45) is 2.23. The van der Waals surface area contributed by atoms with Gasteiger partial charge < -0.3 is 14.2 Å². The minimum absolute atomic E-state index is 0.230. The molecule has 0 fully saturated rings. The van der Waals surface area contributed by atoms with Gasteiger partial charge in [0.05, 0.1) is 13.5 Å². The smallest absolute Gasteiger partial charge is 0.305 e. The van der Waals surface area contributed by atoms with Crippen LogP contribution in [0.15, 0.2) is 36.3 Å². The van der Waals surface area contributed by atoms with E-state index in [-0.39, 0.29) is 12.4 Å². The summed E-state index contributed by atoms with van der Waals surface area (Å²) in [4.78, 5) is 22.0. The zero-order valence-electron chi connectivity index (χ0n) is 10.5. The van der Waals surface area contributed by atoms with Gasteiger partial charge in [-0.2, -0.15) is 0 Å². The minimum atomic E-state index is -0.631. The monoisotopic (exact) mass is 262 g/mol. The van der Waals surface area contributed by atoms with Crippen LogP contribution in [0.4, 0.5) is 0 Å². The van der Waals surface area contributed by atoms with Crippen LogP contribution in [0.1, 0.15) is 35.1 Å². The summed E-state index contributed by atoms with van der Waals surface area (Å²) in [6.45, 7) is 0. The van der Waals surface area contributed by atoms with Crippen molar-refractivity contribution in [3.8, 4) is 0 Å². The summed E-state index contributed by atoms with van der Waals surface area (Å²) < 4.78 is 15.5. The number of allylic oxidation sites excluding steroid dienone is 1. The Bertz CT molecular complexity index is 506. The second-order valence-corrected chi connectivity index (χ2v) is 3.99. The molecular weight excluding hydrogens is 248 g/mol. The molecule has 1 aliphatic rings. The first kappa shape index (κ1) is 13.1. The van der Waals surface area contributed by atoms with Gasteiger partial charge in [-0.15, -0.1) is 0 Å². The van der Waals surface area contributed by atoms with Crippen LogP contribution in [0.5, 0.6) is 0 Å². The summed E-state index contributed by atoms with van der Waals surface area (Å²) in [5, 5.41) is 0. The number of aldehydes is 1. The van der Waals surface area contributed by atoms with Crippen molar-refractivity contribution in [2.24, 2.45) is 0 Å². The standard InChI is InChI=1S/C14H14O5/c1-17-13(16)7-6-11-9-18-14(19-11)12-5-3-2-4-10(12)8-15/h2-5,8-9,14H,6-7H2,1H3. The number of ether oxygens (including phenoxy) is 3. The largest absolute Gasteiger partial charge is 0.469 e. The maximum absolute atomic E-state index is 11.0. The molecule has 0 saturated heterocycles. The Morgan fingerprint density at radius 1 is 1.42 bits per heavy atom. The third-order valence-electron chi connectivity index (χ3n) is 2.76. The molecule has 0 radical (unpaired) electrons. The van der Waals surface area contributed by atoms with Gasteiger partial charge >= 0.3 is 5.97 Å². The normalized spacial score (nSPS) is 17.1. The second-order valence-electron chi connectivity index (χ2n) is 3.99. The Balaban J connectivity index is 1.96. The molecule has 100 valence electrons. The second kappa shape index (κ2) is 6.04. The average molecular weight is 262 g/mol. The third kappa shape index (κ3) is 3.13. The highest BCUT2D eigenvalue weighted by atomic mass is 16.7. The summed E-state index contributed by atoms with van der Waals surface area (Å²) in [5.74, 6) is 0.261. The number of methoxy groups -OCH3 is 1. The molecule has 1 aliphatic heterocycles. The van der Waals surface area contributed by atoms with Crippen molar-refractivity contribution in [2.45, 2.75) is 19.1 Å². The molecule has 5 heteroatoms. The molecule has 1 aromatic carbocycles. The molecule has 1 aromatic rings. The molecule has 1 heterocycles. The molecular formula is C14H14O5. The van der Waals surface area contributed by atoms with E-state index < -0.39 is 6.29 Å². The third-order valence-corrected chi connectivity index (χ3v) is 2.76. The van der Waals surface area contributed by atoms with Gasteiger partial charge in [-0.05, 0) is 0 Å². The van der Waals surface area contributed by atoms with Crippen LogP contribution in [-0.2, 0) is 19.0 Å². The first-order valence-electron chi connectivity index (χ1n) is 5.86. The molecule has 0 aromatic heterocycles. The van der Waals surface area contributed by atoms with E-state index in [1.165, 1.54) is 13.4 Å². The summed E-state index contributed by atoms with van der Waals surface area (Å²) >= 11 is 0. The van der Waals surface area contributed by atoms with Gasteiger partial charge in [0, 0.05) is 17.5 Å². The van der Waals surface area contributed by atoms with Crippen molar-refractivity contribution in [2.75, 3.05) is 7.11 Å². The maximum atomic E-state index is 11.0. The summed E-state index contributed by atoms with van der Waals surface area (Å²) in [5.41, 5.74) is 1.19. The molecule has 19 heavy (non-hydrogen) atoms. The van der Waals surface area contributed by atoms with Crippen LogP contribution < -0.4 is 0 Å². The van der Waals surface area contributed by atoms with E-state index in [0.29, 0.717) is 23.3 Å². The highest BCUT2D eigenvalue weighted by Crippen LogP contribution is 2.31. The number of carbonyl (C=O) groups is 2. The molecule has 0 amide bonds. The molecule has 0 bridgehead atoms. The van der Waals surface area contributed by atoms with E-state index in [1.807, 2.05) is 6.07 Å². The van der Waals surface area contributed by atoms with Crippen LogP contribution in [0.2, 0.25) is 0 Å². The zero-order valence-corrected chi connectivity index (χ0v) is 10.5. The Hall–Kier alpha value is -2.30. The predicted molar refractivity (Wildman–Crippen MR) is 66.1 cm³/mol. The Morgan fingerprint density at radius 2 is 2.21 bits per heavy atom. The van der Waals surface area contributed by atoms with Crippen molar-refractivity contribution in [1.82, 2.24) is 0 Å².